The number of amides is 2. The van der Waals surface area contributed by atoms with Crippen LogP contribution in [0.1, 0.15) is 35.4 Å². The summed E-state index contributed by atoms with van der Waals surface area (Å²) in [7, 11) is 0. The summed E-state index contributed by atoms with van der Waals surface area (Å²) in [6.07, 6.45) is -3.04. The normalized spacial score (nSPS) is 21.2. The molecule has 1 aliphatic carbocycles. The largest absolute Gasteiger partial charge is 0.416 e. The molecule has 2 amide bonds. The van der Waals surface area contributed by atoms with Crippen molar-refractivity contribution in [1.29, 1.82) is 0 Å². The van der Waals surface area contributed by atoms with Crippen molar-refractivity contribution in [2.75, 3.05) is 10.6 Å². The summed E-state index contributed by atoms with van der Waals surface area (Å²) in [5.74, 6) is -1.20. The summed E-state index contributed by atoms with van der Waals surface area (Å²) in [5, 5.41) is 5.56. The van der Waals surface area contributed by atoms with E-state index in [0.29, 0.717) is 24.9 Å². The van der Waals surface area contributed by atoms with Gasteiger partial charge >= 0.3 is 6.18 Å². The second-order valence-electron chi connectivity index (χ2n) is 6.94. The number of benzene rings is 2. The van der Waals surface area contributed by atoms with Crippen LogP contribution in [0.2, 0.25) is 0 Å². The lowest BCUT2D eigenvalue weighted by Crippen LogP contribution is -2.20. The molecule has 2 aromatic carbocycles. The van der Waals surface area contributed by atoms with Crippen molar-refractivity contribution in [2.24, 2.45) is 5.92 Å². The van der Waals surface area contributed by atoms with E-state index in [4.69, 9.17) is 0 Å². The molecule has 4 rings (SSSR count). The third kappa shape index (κ3) is 3.54. The average molecular weight is 374 g/mol. The van der Waals surface area contributed by atoms with Gasteiger partial charge in [0, 0.05) is 23.7 Å². The molecule has 140 valence electrons. The first-order chi connectivity index (χ1) is 12.8. The highest BCUT2D eigenvalue weighted by molar-refractivity contribution is 5.97. The fraction of sp³-hybridized carbons (Fsp3) is 0.300. The predicted octanol–water partition coefficient (Wildman–Crippen LogP) is 4.33. The highest BCUT2D eigenvalue weighted by Crippen LogP contribution is 2.51. The van der Waals surface area contributed by atoms with Gasteiger partial charge in [-0.25, -0.2) is 0 Å². The van der Waals surface area contributed by atoms with Gasteiger partial charge in [-0.05, 0) is 54.2 Å². The van der Waals surface area contributed by atoms with E-state index in [1.165, 1.54) is 12.1 Å². The van der Waals surface area contributed by atoms with E-state index < -0.39 is 23.6 Å². The number of halogens is 3. The molecule has 2 aromatic rings. The van der Waals surface area contributed by atoms with Gasteiger partial charge in [0.25, 0.3) is 0 Å². The zero-order valence-corrected chi connectivity index (χ0v) is 14.3. The Morgan fingerprint density at radius 2 is 1.89 bits per heavy atom. The van der Waals surface area contributed by atoms with E-state index in [-0.39, 0.29) is 17.4 Å². The Bertz CT molecular complexity index is 924. The zero-order valence-electron chi connectivity index (χ0n) is 14.3. The Kier molecular flexibility index (Phi) is 4.17. The second-order valence-corrected chi connectivity index (χ2v) is 6.94. The van der Waals surface area contributed by atoms with Crippen LogP contribution in [0.25, 0.3) is 0 Å². The van der Waals surface area contributed by atoms with Crippen molar-refractivity contribution in [2.45, 2.75) is 31.4 Å². The first-order valence-corrected chi connectivity index (χ1v) is 8.72. The van der Waals surface area contributed by atoms with Crippen molar-refractivity contribution < 1.29 is 22.8 Å². The number of rotatable bonds is 3. The van der Waals surface area contributed by atoms with Gasteiger partial charge in [0.15, 0.2) is 0 Å². The number of nitrogens with one attached hydrogen (secondary N) is 2. The van der Waals surface area contributed by atoms with E-state index in [9.17, 15) is 22.8 Å². The molecule has 27 heavy (non-hydrogen) atoms. The lowest BCUT2D eigenvalue weighted by molar-refractivity contribution is -0.138. The predicted molar refractivity (Wildman–Crippen MR) is 94.3 cm³/mol. The molecule has 2 N–H and O–H groups in total. The fourth-order valence-electron chi connectivity index (χ4n) is 3.60. The molecule has 2 atom stereocenters. The summed E-state index contributed by atoms with van der Waals surface area (Å²) >= 11 is 0. The standard InChI is InChI=1S/C20H17F3N2O2/c21-20(22,23)16-4-2-1-3-13(16)14-10-15(14)19(27)24-12-6-7-17-11(9-12)5-8-18(26)25-17/h1-4,6-7,9,14-15H,5,8,10H2,(H,24,27)(H,25,26)/t14-,15-/m1/s1. The Morgan fingerprint density at radius 3 is 2.67 bits per heavy atom. The van der Waals surface area contributed by atoms with Gasteiger partial charge in [-0.3, -0.25) is 9.59 Å². The Balaban J connectivity index is 1.47. The minimum atomic E-state index is -4.43. The number of alkyl halides is 3. The lowest BCUT2D eigenvalue weighted by Gasteiger charge is -2.18. The van der Waals surface area contributed by atoms with Crippen molar-refractivity contribution >= 4 is 23.2 Å². The van der Waals surface area contributed by atoms with Crippen LogP contribution in [0.4, 0.5) is 24.5 Å². The van der Waals surface area contributed by atoms with E-state index >= 15 is 0 Å². The summed E-state index contributed by atoms with van der Waals surface area (Å²) in [4.78, 5) is 23.9. The summed E-state index contributed by atoms with van der Waals surface area (Å²) in [6.45, 7) is 0. The maximum atomic E-state index is 13.2. The van der Waals surface area contributed by atoms with Gasteiger partial charge in [0.05, 0.1) is 5.56 Å². The average Bonchev–Trinajstić information content (AvgIpc) is 3.42. The second kappa shape index (κ2) is 6.40. The smallest absolute Gasteiger partial charge is 0.326 e. The number of hydrogen-bond acceptors (Lipinski definition) is 2. The van der Waals surface area contributed by atoms with Gasteiger partial charge < -0.3 is 10.6 Å². The van der Waals surface area contributed by atoms with Crippen molar-refractivity contribution in [1.82, 2.24) is 0 Å². The SMILES string of the molecule is O=C1CCc2cc(NC(=O)[C@@H]3C[C@@H]3c3ccccc3C(F)(F)F)ccc2N1. The monoisotopic (exact) mass is 374 g/mol. The molecular weight excluding hydrogens is 357 g/mol. The molecule has 1 fully saturated rings. The number of fused-ring (bicyclic) bond motifs is 1. The summed E-state index contributed by atoms with van der Waals surface area (Å²) in [6, 6.07) is 10.6. The van der Waals surface area contributed by atoms with Crippen LogP contribution in [0.15, 0.2) is 42.5 Å². The van der Waals surface area contributed by atoms with E-state index in [0.717, 1.165) is 17.3 Å². The Morgan fingerprint density at radius 1 is 1.11 bits per heavy atom. The van der Waals surface area contributed by atoms with Gasteiger partial charge in [-0.1, -0.05) is 18.2 Å². The highest BCUT2D eigenvalue weighted by atomic mass is 19.4. The van der Waals surface area contributed by atoms with Crippen LogP contribution >= 0.6 is 0 Å². The fourth-order valence-corrected chi connectivity index (χ4v) is 3.60. The molecule has 4 nitrogen and oxygen atoms in total. The lowest BCUT2D eigenvalue weighted by atomic mass is 10.0. The summed E-state index contributed by atoms with van der Waals surface area (Å²) in [5.41, 5.74) is 1.76. The number of anilines is 2. The molecule has 1 aliphatic heterocycles. The van der Waals surface area contributed by atoms with Crippen LogP contribution < -0.4 is 10.6 Å². The minimum Gasteiger partial charge on any atom is -0.326 e. The number of carbonyl (C=O) groups is 2. The molecule has 2 aliphatic rings. The third-order valence-electron chi connectivity index (χ3n) is 5.06. The van der Waals surface area contributed by atoms with Gasteiger partial charge in [0.2, 0.25) is 11.8 Å². The van der Waals surface area contributed by atoms with Crippen LogP contribution in [0.5, 0.6) is 0 Å². The highest BCUT2D eigenvalue weighted by Gasteiger charge is 2.47. The molecule has 0 spiro atoms. The van der Waals surface area contributed by atoms with E-state index in [1.807, 2.05) is 0 Å². The number of aryl methyl sites for hydroxylation is 1. The van der Waals surface area contributed by atoms with Crippen LogP contribution in [0, 0.1) is 5.92 Å². The number of carbonyl (C=O) groups excluding carboxylic acids is 2. The van der Waals surface area contributed by atoms with Crippen LogP contribution in [0.3, 0.4) is 0 Å². The molecule has 0 saturated heterocycles. The Labute approximate surface area is 153 Å². The van der Waals surface area contributed by atoms with Crippen LogP contribution in [-0.2, 0) is 22.2 Å². The molecule has 0 aromatic heterocycles. The van der Waals surface area contributed by atoms with Gasteiger partial charge in [0.1, 0.15) is 0 Å². The maximum absolute atomic E-state index is 13.2. The first-order valence-electron chi connectivity index (χ1n) is 8.72. The van der Waals surface area contributed by atoms with Gasteiger partial charge in [-0.15, -0.1) is 0 Å². The third-order valence-corrected chi connectivity index (χ3v) is 5.06. The minimum absolute atomic E-state index is 0.0385. The van der Waals surface area contributed by atoms with Crippen molar-refractivity contribution in [3.05, 3.63) is 59.2 Å². The van der Waals surface area contributed by atoms with Crippen molar-refractivity contribution in [3.63, 3.8) is 0 Å². The molecule has 1 heterocycles. The molecule has 1 saturated carbocycles. The van der Waals surface area contributed by atoms with Crippen LogP contribution in [-0.4, -0.2) is 11.8 Å². The first kappa shape index (κ1) is 17.6. The molecular formula is C20H17F3N2O2. The molecule has 0 bridgehead atoms. The quantitative estimate of drug-likeness (QED) is 0.840. The van der Waals surface area contributed by atoms with Gasteiger partial charge in [-0.2, -0.15) is 13.2 Å². The van der Waals surface area contributed by atoms with E-state index in [2.05, 4.69) is 10.6 Å². The molecule has 0 radical (unpaired) electrons. The van der Waals surface area contributed by atoms with E-state index in [1.54, 1.807) is 24.3 Å². The maximum Gasteiger partial charge on any atom is 0.416 e. The molecule has 7 heteroatoms. The molecule has 0 unspecified atom stereocenters. The summed E-state index contributed by atoms with van der Waals surface area (Å²) < 4.78 is 39.5. The number of hydrogen-bond donors (Lipinski definition) is 2. The zero-order chi connectivity index (χ0) is 19.2. The topological polar surface area (TPSA) is 58.2 Å². The van der Waals surface area contributed by atoms with Crippen molar-refractivity contribution in [3.8, 4) is 0 Å². The Hall–Kier alpha value is -2.83.